The van der Waals surface area contributed by atoms with Crippen molar-refractivity contribution < 1.29 is 17.2 Å². The van der Waals surface area contributed by atoms with Gasteiger partial charge in [-0.3, -0.25) is 4.98 Å². The van der Waals surface area contributed by atoms with Crippen molar-refractivity contribution in [2.45, 2.75) is 23.8 Å². The summed E-state index contributed by atoms with van der Waals surface area (Å²) in [5.74, 6) is -2.14. The van der Waals surface area contributed by atoms with E-state index in [0.29, 0.717) is 12.8 Å². The minimum atomic E-state index is -4.23. The predicted octanol–water partition coefficient (Wildman–Crippen LogP) is 2.89. The molecule has 0 saturated carbocycles. The Balaban J connectivity index is 2.05. The molecule has 116 valence electrons. The summed E-state index contributed by atoms with van der Waals surface area (Å²) in [5, 5.41) is 0. The maximum atomic E-state index is 13.9. The Kier molecular flexibility index (Phi) is 3.92. The first-order chi connectivity index (χ1) is 10.5. The molecule has 2 aromatic rings. The van der Waals surface area contributed by atoms with Crippen LogP contribution in [0, 0.1) is 11.6 Å². The highest BCUT2D eigenvalue weighted by Gasteiger charge is 2.39. The van der Waals surface area contributed by atoms with Crippen LogP contribution in [-0.4, -0.2) is 24.3 Å². The maximum absolute atomic E-state index is 13.9. The molecular formula is C15H14F2N2O2S. The third kappa shape index (κ3) is 2.50. The van der Waals surface area contributed by atoms with Crippen molar-refractivity contribution >= 4 is 10.0 Å². The van der Waals surface area contributed by atoms with E-state index in [0.717, 1.165) is 23.8 Å². The lowest BCUT2D eigenvalue weighted by Crippen LogP contribution is -2.32. The van der Waals surface area contributed by atoms with E-state index in [9.17, 15) is 17.2 Å². The van der Waals surface area contributed by atoms with Gasteiger partial charge in [-0.1, -0.05) is 6.07 Å². The number of hydrogen-bond acceptors (Lipinski definition) is 3. The predicted molar refractivity (Wildman–Crippen MR) is 76.5 cm³/mol. The van der Waals surface area contributed by atoms with E-state index in [4.69, 9.17) is 0 Å². The Hall–Kier alpha value is -1.86. The average molecular weight is 324 g/mol. The summed E-state index contributed by atoms with van der Waals surface area (Å²) >= 11 is 0. The monoisotopic (exact) mass is 324 g/mol. The third-order valence-electron chi connectivity index (χ3n) is 3.78. The van der Waals surface area contributed by atoms with Gasteiger partial charge in [-0.2, -0.15) is 4.31 Å². The molecule has 22 heavy (non-hydrogen) atoms. The molecule has 1 unspecified atom stereocenters. The lowest BCUT2D eigenvalue weighted by atomic mass is 10.1. The summed E-state index contributed by atoms with van der Waals surface area (Å²) in [4.78, 5) is 3.02. The van der Waals surface area contributed by atoms with Crippen molar-refractivity contribution in [3.63, 3.8) is 0 Å². The molecule has 1 fully saturated rings. The van der Waals surface area contributed by atoms with E-state index in [2.05, 4.69) is 4.98 Å². The summed E-state index contributed by atoms with van der Waals surface area (Å²) in [6.45, 7) is 0.239. The molecule has 4 nitrogen and oxygen atoms in total. The van der Waals surface area contributed by atoms with Gasteiger partial charge < -0.3 is 0 Å². The van der Waals surface area contributed by atoms with Gasteiger partial charge in [-0.05, 0) is 42.7 Å². The number of pyridine rings is 1. The molecule has 1 aromatic heterocycles. The molecule has 2 heterocycles. The van der Waals surface area contributed by atoms with E-state index >= 15 is 0 Å². The molecule has 0 aliphatic carbocycles. The van der Waals surface area contributed by atoms with Crippen LogP contribution in [0.2, 0.25) is 0 Å². The van der Waals surface area contributed by atoms with Gasteiger partial charge in [0.05, 0.1) is 6.04 Å². The molecule has 0 amide bonds. The van der Waals surface area contributed by atoms with Gasteiger partial charge in [0, 0.05) is 18.9 Å². The Morgan fingerprint density at radius 3 is 2.36 bits per heavy atom. The molecule has 0 N–H and O–H groups in total. The quantitative estimate of drug-likeness (QED) is 0.872. The number of rotatable bonds is 3. The van der Waals surface area contributed by atoms with E-state index < -0.39 is 32.6 Å². The van der Waals surface area contributed by atoms with Crippen LogP contribution in [0.1, 0.15) is 24.4 Å². The zero-order valence-corrected chi connectivity index (χ0v) is 12.4. The zero-order valence-electron chi connectivity index (χ0n) is 11.6. The summed E-state index contributed by atoms with van der Waals surface area (Å²) in [7, 11) is -4.23. The molecule has 7 heteroatoms. The van der Waals surface area contributed by atoms with Crippen LogP contribution in [0.15, 0.2) is 47.6 Å². The largest absolute Gasteiger partial charge is 0.265 e. The first kappa shape index (κ1) is 15.1. The van der Waals surface area contributed by atoms with Gasteiger partial charge in [0.2, 0.25) is 10.0 Å². The highest BCUT2D eigenvalue weighted by Crippen LogP contribution is 2.37. The van der Waals surface area contributed by atoms with Crippen LogP contribution < -0.4 is 0 Å². The lowest BCUT2D eigenvalue weighted by Gasteiger charge is -2.24. The molecule has 1 aliphatic rings. The van der Waals surface area contributed by atoms with Gasteiger partial charge in [0.1, 0.15) is 11.6 Å². The zero-order chi connectivity index (χ0) is 15.7. The second kappa shape index (κ2) is 5.73. The second-order valence-electron chi connectivity index (χ2n) is 5.11. The highest BCUT2D eigenvalue weighted by atomic mass is 32.2. The number of sulfonamides is 1. The lowest BCUT2D eigenvalue weighted by molar-refractivity contribution is 0.388. The molecule has 0 radical (unpaired) electrons. The minimum absolute atomic E-state index is 0.239. The minimum Gasteiger partial charge on any atom is -0.265 e. The van der Waals surface area contributed by atoms with Crippen molar-refractivity contribution in [3.05, 3.63) is 59.9 Å². The molecule has 0 bridgehead atoms. The molecule has 3 rings (SSSR count). The number of hydrogen-bond donors (Lipinski definition) is 0. The van der Waals surface area contributed by atoms with E-state index in [1.165, 1.54) is 4.31 Å². The number of halogens is 2. The summed E-state index contributed by atoms with van der Waals surface area (Å²) in [5.41, 5.74) is 0.771. The van der Waals surface area contributed by atoms with Gasteiger partial charge in [-0.15, -0.1) is 0 Å². The fourth-order valence-electron chi connectivity index (χ4n) is 2.79. The summed E-state index contributed by atoms with van der Waals surface area (Å²) in [6, 6.07) is 6.06. The van der Waals surface area contributed by atoms with Crippen LogP contribution in [0.4, 0.5) is 8.78 Å². The normalized spacial score (nSPS) is 19.5. The highest BCUT2D eigenvalue weighted by molar-refractivity contribution is 7.89. The van der Waals surface area contributed by atoms with Crippen molar-refractivity contribution in [1.82, 2.24) is 9.29 Å². The van der Waals surface area contributed by atoms with Gasteiger partial charge in [0.25, 0.3) is 0 Å². The smallest absolute Gasteiger partial charge is 0.249 e. The molecule has 1 aliphatic heterocycles. The Labute approximate surface area is 127 Å². The Bertz CT molecular complexity index is 761. The second-order valence-corrected chi connectivity index (χ2v) is 6.93. The first-order valence-corrected chi connectivity index (χ1v) is 8.31. The van der Waals surface area contributed by atoms with Gasteiger partial charge >= 0.3 is 0 Å². The van der Waals surface area contributed by atoms with E-state index in [1.54, 1.807) is 24.5 Å². The average Bonchev–Trinajstić information content (AvgIpc) is 2.98. The molecular weight excluding hydrogens is 310 g/mol. The molecule has 1 saturated heterocycles. The van der Waals surface area contributed by atoms with Crippen molar-refractivity contribution in [2.24, 2.45) is 0 Å². The van der Waals surface area contributed by atoms with Gasteiger partial charge in [0.15, 0.2) is 4.90 Å². The van der Waals surface area contributed by atoms with Crippen molar-refractivity contribution in [1.29, 1.82) is 0 Å². The van der Waals surface area contributed by atoms with Gasteiger partial charge in [-0.25, -0.2) is 17.2 Å². The first-order valence-electron chi connectivity index (χ1n) is 6.87. The standard InChI is InChI=1S/C15H14F2N2O2S/c16-12-3-1-4-13(17)15(12)22(20,21)19-10-2-5-14(19)11-6-8-18-9-7-11/h1,3-4,6-9,14H,2,5,10H2. The number of nitrogens with zero attached hydrogens (tertiary/aromatic N) is 2. The van der Waals surface area contributed by atoms with Crippen LogP contribution in [-0.2, 0) is 10.0 Å². The van der Waals surface area contributed by atoms with Crippen LogP contribution in [0.5, 0.6) is 0 Å². The van der Waals surface area contributed by atoms with E-state index in [1.807, 2.05) is 0 Å². The number of aromatic nitrogens is 1. The maximum Gasteiger partial charge on any atom is 0.249 e. The number of benzene rings is 1. The van der Waals surface area contributed by atoms with Crippen LogP contribution >= 0.6 is 0 Å². The summed E-state index contributed by atoms with van der Waals surface area (Å²) < 4.78 is 54.3. The fraction of sp³-hybridized carbons (Fsp3) is 0.267. The Morgan fingerprint density at radius 1 is 1.09 bits per heavy atom. The topological polar surface area (TPSA) is 50.3 Å². The molecule has 1 atom stereocenters. The SMILES string of the molecule is O=S(=O)(c1c(F)cccc1F)N1CCCC1c1ccncc1. The van der Waals surface area contributed by atoms with Crippen molar-refractivity contribution in [2.75, 3.05) is 6.54 Å². The van der Waals surface area contributed by atoms with Crippen LogP contribution in [0.3, 0.4) is 0 Å². The van der Waals surface area contributed by atoms with Crippen molar-refractivity contribution in [3.8, 4) is 0 Å². The molecule has 1 aromatic carbocycles. The molecule has 0 spiro atoms. The fourth-order valence-corrected chi connectivity index (χ4v) is 4.59. The summed E-state index contributed by atoms with van der Waals surface area (Å²) in [6.07, 6.45) is 4.39. The Morgan fingerprint density at radius 2 is 1.73 bits per heavy atom. The van der Waals surface area contributed by atoms with E-state index in [-0.39, 0.29) is 6.54 Å². The third-order valence-corrected chi connectivity index (χ3v) is 5.74. The van der Waals surface area contributed by atoms with Crippen LogP contribution in [0.25, 0.3) is 0 Å².